The molecular formula is C29H25NO. The van der Waals surface area contributed by atoms with Crippen molar-refractivity contribution < 1.29 is 4.74 Å². The number of fused-ring (bicyclic) bond motifs is 1. The Labute approximate surface area is 183 Å². The van der Waals surface area contributed by atoms with Crippen molar-refractivity contribution in [1.82, 2.24) is 4.98 Å². The highest BCUT2D eigenvalue weighted by Crippen LogP contribution is 2.31. The van der Waals surface area contributed by atoms with E-state index in [2.05, 4.69) is 84.7 Å². The molecule has 0 fully saturated rings. The van der Waals surface area contributed by atoms with Gasteiger partial charge in [0.1, 0.15) is 12.4 Å². The van der Waals surface area contributed by atoms with Gasteiger partial charge in [0.25, 0.3) is 0 Å². The fourth-order valence-corrected chi connectivity index (χ4v) is 4.06. The van der Waals surface area contributed by atoms with Crippen molar-refractivity contribution in [3.05, 3.63) is 125 Å². The SMILES string of the molecule is Cc1c(-c2ccc(OCc3ccccc3)cc2)[nH]c2ccc(Cc3ccccc3)cc12. The highest BCUT2D eigenvalue weighted by molar-refractivity contribution is 5.91. The largest absolute Gasteiger partial charge is 0.489 e. The molecule has 0 saturated heterocycles. The van der Waals surface area contributed by atoms with E-state index in [1.807, 2.05) is 30.3 Å². The van der Waals surface area contributed by atoms with Crippen molar-refractivity contribution in [3.63, 3.8) is 0 Å². The molecule has 0 spiro atoms. The van der Waals surface area contributed by atoms with Gasteiger partial charge in [0.2, 0.25) is 0 Å². The van der Waals surface area contributed by atoms with Gasteiger partial charge in [-0.15, -0.1) is 0 Å². The lowest BCUT2D eigenvalue weighted by atomic mass is 10.0. The topological polar surface area (TPSA) is 25.0 Å². The number of aryl methyl sites for hydroxylation is 1. The van der Waals surface area contributed by atoms with Gasteiger partial charge in [0.15, 0.2) is 0 Å². The molecule has 0 saturated carbocycles. The third-order valence-corrected chi connectivity index (χ3v) is 5.77. The molecular weight excluding hydrogens is 378 g/mol. The molecule has 0 radical (unpaired) electrons. The summed E-state index contributed by atoms with van der Waals surface area (Å²) in [7, 11) is 0. The Hall–Kier alpha value is -3.78. The van der Waals surface area contributed by atoms with Crippen LogP contribution in [0.25, 0.3) is 22.2 Å². The zero-order valence-corrected chi connectivity index (χ0v) is 17.6. The molecule has 0 aliphatic carbocycles. The van der Waals surface area contributed by atoms with E-state index in [1.54, 1.807) is 0 Å². The van der Waals surface area contributed by atoms with Crippen LogP contribution in [0.15, 0.2) is 103 Å². The van der Waals surface area contributed by atoms with Crippen LogP contribution in [0.5, 0.6) is 5.75 Å². The summed E-state index contributed by atoms with van der Waals surface area (Å²) >= 11 is 0. The molecule has 5 rings (SSSR count). The van der Waals surface area contributed by atoms with Gasteiger partial charge in [0, 0.05) is 16.6 Å². The molecule has 1 aromatic heterocycles. The first kappa shape index (κ1) is 19.2. The average molecular weight is 404 g/mol. The third-order valence-electron chi connectivity index (χ3n) is 5.77. The zero-order chi connectivity index (χ0) is 21.0. The second-order valence-electron chi connectivity index (χ2n) is 7.97. The number of hydrogen-bond acceptors (Lipinski definition) is 1. The summed E-state index contributed by atoms with van der Waals surface area (Å²) in [5.41, 5.74) is 8.63. The van der Waals surface area contributed by atoms with Gasteiger partial charge in [-0.25, -0.2) is 0 Å². The fourth-order valence-electron chi connectivity index (χ4n) is 4.06. The molecule has 2 heteroatoms. The normalized spacial score (nSPS) is 11.0. The van der Waals surface area contributed by atoms with Crippen molar-refractivity contribution in [2.45, 2.75) is 20.0 Å². The molecule has 0 amide bonds. The summed E-state index contributed by atoms with van der Waals surface area (Å²) < 4.78 is 5.93. The number of aromatic amines is 1. The zero-order valence-electron chi connectivity index (χ0n) is 17.6. The first-order valence-electron chi connectivity index (χ1n) is 10.7. The minimum Gasteiger partial charge on any atom is -0.489 e. The molecule has 1 heterocycles. The summed E-state index contributed by atoms with van der Waals surface area (Å²) in [6, 6.07) is 35.9. The summed E-state index contributed by atoms with van der Waals surface area (Å²) in [5.74, 6) is 0.881. The van der Waals surface area contributed by atoms with Gasteiger partial charge in [-0.2, -0.15) is 0 Å². The Morgan fingerprint density at radius 1 is 0.677 bits per heavy atom. The molecule has 5 aromatic rings. The number of aromatic nitrogens is 1. The minimum absolute atomic E-state index is 0.579. The standard InChI is InChI=1S/C29H25NO/c1-21-27-19-24(18-22-8-4-2-5-9-22)12-17-28(27)30-29(21)25-13-15-26(16-14-25)31-20-23-10-6-3-7-11-23/h2-17,19,30H,18,20H2,1H3. The number of H-pyrrole nitrogens is 1. The molecule has 2 nitrogen and oxygen atoms in total. The monoisotopic (exact) mass is 403 g/mol. The molecule has 0 aliphatic heterocycles. The second kappa shape index (κ2) is 8.53. The Morgan fingerprint density at radius 3 is 2.06 bits per heavy atom. The maximum atomic E-state index is 5.93. The Bertz CT molecular complexity index is 1290. The van der Waals surface area contributed by atoms with Crippen LogP contribution in [-0.2, 0) is 13.0 Å². The Balaban J connectivity index is 1.36. The number of hydrogen-bond donors (Lipinski definition) is 1. The van der Waals surface area contributed by atoms with Crippen molar-refractivity contribution in [2.24, 2.45) is 0 Å². The molecule has 0 aliphatic rings. The predicted octanol–water partition coefficient (Wildman–Crippen LogP) is 7.31. The molecule has 31 heavy (non-hydrogen) atoms. The third kappa shape index (κ3) is 4.24. The van der Waals surface area contributed by atoms with Gasteiger partial charge in [-0.05, 0) is 77.6 Å². The van der Waals surface area contributed by atoms with Gasteiger partial charge in [0.05, 0.1) is 0 Å². The van der Waals surface area contributed by atoms with E-state index in [0.29, 0.717) is 6.61 Å². The number of benzene rings is 4. The van der Waals surface area contributed by atoms with E-state index >= 15 is 0 Å². The average Bonchev–Trinajstić information content (AvgIpc) is 3.15. The van der Waals surface area contributed by atoms with Crippen LogP contribution < -0.4 is 4.74 Å². The Kier molecular flexibility index (Phi) is 5.28. The molecule has 152 valence electrons. The maximum absolute atomic E-state index is 5.93. The lowest BCUT2D eigenvalue weighted by Gasteiger charge is -2.07. The smallest absolute Gasteiger partial charge is 0.119 e. The Morgan fingerprint density at radius 2 is 1.35 bits per heavy atom. The molecule has 0 unspecified atom stereocenters. The maximum Gasteiger partial charge on any atom is 0.119 e. The van der Waals surface area contributed by atoms with Crippen LogP contribution in [0, 0.1) is 6.92 Å². The molecule has 0 atom stereocenters. The lowest BCUT2D eigenvalue weighted by Crippen LogP contribution is -1.94. The first-order valence-corrected chi connectivity index (χ1v) is 10.7. The molecule has 4 aromatic carbocycles. The summed E-state index contributed by atoms with van der Waals surface area (Å²) in [5, 5.41) is 1.29. The highest BCUT2D eigenvalue weighted by Gasteiger charge is 2.11. The van der Waals surface area contributed by atoms with Crippen LogP contribution in [0.3, 0.4) is 0 Å². The van der Waals surface area contributed by atoms with Crippen LogP contribution >= 0.6 is 0 Å². The van der Waals surface area contributed by atoms with Crippen LogP contribution in [0.1, 0.15) is 22.3 Å². The van der Waals surface area contributed by atoms with Crippen molar-refractivity contribution in [2.75, 3.05) is 0 Å². The van der Waals surface area contributed by atoms with Crippen LogP contribution in [0.2, 0.25) is 0 Å². The van der Waals surface area contributed by atoms with Gasteiger partial charge in [-0.3, -0.25) is 0 Å². The minimum atomic E-state index is 0.579. The van der Waals surface area contributed by atoms with E-state index in [-0.39, 0.29) is 0 Å². The number of rotatable bonds is 6. The predicted molar refractivity (Wildman–Crippen MR) is 128 cm³/mol. The van der Waals surface area contributed by atoms with Crippen molar-refractivity contribution >= 4 is 10.9 Å². The van der Waals surface area contributed by atoms with Crippen LogP contribution in [0.4, 0.5) is 0 Å². The second-order valence-corrected chi connectivity index (χ2v) is 7.97. The number of ether oxygens (including phenoxy) is 1. The van der Waals surface area contributed by atoms with Gasteiger partial charge in [-0.1, -0.05) is 66.7 Å². The van der Waals surface area contributed by atoms with E-state index in [1.165, 1.54) is 44.4 Å². The molecule has 0 bridgehead atoms. The first-order chi connectivity index (χ1) is 15.3. The van der Waals surface area contributed by atoms with E-state index in [4.69, 9.17) is 4.74 Å². The van der Waals surface area contributed by atoms with E-state index in [0.717, 1.165) is 12.2 Å². The fraction of sp³-hybridized carbons (Fsp3) is 0.103. The molecule has 1 N–H and O–H groups in total. The highest BCUT2D eigenvalue weighted by atomic mass is 16.5. The summed E-state index contributed by atoms with van der Waals surface area (Å²) in [6.45, 7) is 2.77. The van der Waals surface area contributed by atoms with E-state index in [9.17, 15) is 0 Å². The summed E-state index contributed by atoms with van der Waals surface area (Å²) in [4.78, 5) is 3.61. The quantitative estimate of drug-likeness (QED) is 0.316. The number of nitrogens with one attached hydrogen (secondary N) is 1. The van der Waals surface area contributed by atoms with E-state index < -0.39 is 0 Å². The summed E-state index contributed by atoms with van der Waals surface area (Å²) in [6.07, 6.45) is 0.949. The van der Waals surface area contributed by atoms with Crippen molar-refractivity contribution in [3.8, 4) is 17.0 Å². The van der Waals surface area contributed by atoms with Gasteiger partial charge >= 0.3 is 0 Å². The lowest BCUT2D eigenvalue weighted by molar-refractivity contribution is 0.306. The van der Waals surface area contributed by atoms with Crippen LogP contribution in [-0.4, -0.2) is 4.98 Å². The van der Waals surface area contributed by atoms with Gasteiger partial charge < -0.3 is 9.72 Å². The van der Waals surface area contributed by atoms with Crippen molar-refractivity contribution in [1.29, 1.82) is 0 Å².